The maximum atomic E-state index is 10.8. The standard InChI is InChI=1S/C13H21N3O2/c1-4-6-7-16(10(3)5-2)13-14-8-11(9-15-13)12(17)18/h8-10H,4-7H2,1-3H3,(H,17,18). The van der Waals surface area contributed by atoms with Gasteiger partial charge in [-0.2, -0.15) is 0 Å². The molecule has 1 atom stereocenters. The largest absolute Gasteiger partial charge is 0.478 e. The fraction of sp³-hybridized carbons (Fsp3) is 0.615. The van der Waals surface area contributed by atoms with E-state index in [0.717, 1.165) is 25.8 Å². The van der Waals surface area contributed by atoms with Crippen LogP contribution >= 0.6 is 0 Å². The maximum absolute atomic E-state index is 10.8. The van der Waals surface area contributed by atoms with Crippen LogP contribution in [0.3, 0.4) is 0 Å². The molecule has 0 radical (unpaired) electrons. The Kier molecular flexibility index (Phi) is 5.55. The first-order valence-electron chi connectivity index (χ1n) is 6.42. The molecule has 0 aromatic carbocycles. The number of unbranched alkanes of at least 4 members (excludes halogenated alkanes) is 1. The number of aromatic carboxylic acids is 1. The molecule has 1 heterocycles. The molecule has 0 saturated carbocycles. The van der Waals surface area contributed by atoms with Gasteiger partial charge in [-0.25, -0.2) is 14.8 Å². The van der Waals surface area contributed by atoms with Crippen molar-refractivity contribution in [2.75, 3.05) is 11.4 Å². The highest BCUT2D eigenvalue weighted by Gasteiger charge is 2.15. The predicted molar refractivity (Wildman–Crippen MR) is 71.0 cm³/mol. The highest BCUT2D eigenvalue weighted by atomic mass is 16.4. The van der Waals surface area contributed by atoms with Crippen LogP contribution < -0.4 is 4.90 Å². The van der Waals surface area contributed by atoms with Crippen molar-refractivity contribution in [2.45, 2.75) is 46.1 Å². The van der Waals surface area contributed by atoms with Crippen molar-refractivity contribution in [3.05, 3.63) is 18.0 Å². The van der Waals surface area contributed by atoms with Crippen molar-refractivity contribution in [1.82, 2.24) is 9.97 Å². The zero-order valence-corrected chi connectivity index (χ0v) is 11.3. The van der Waals surface area contributed by atoms with Crippen LogP contribution in [0.1, 0.15) is 50.4 Å². The van der Waals surface area contributed by atoms with Crippen molar-refractivity contribution in [3.63, 3.8) is 0 Å². The number of carboxylic acids is 1. The zero-order chi connectivity index (χ0) is 13.5. The zero-order valence-electron chi connectivity index (χ0n) is 11.3. The molecule has 0 aliphatic heterocycles. The van der Waals surface area contributed by atoms with Crippen molar-refractivity contribution in [1.29, 1.82) is 0 Å². The van der Waals surface area contributed by atoms with Gasteiger partial charge in [0.15, 0.2) is 0 Å². The third-order valence-corrected chi connectivity index (χ3v) is 3.02. The lowest BCUT2D eigenvalue weighted by atomic mass is 10.2. The molecule has 5 nitrogen and oxygen atoms in total. The van der Waals surface area contributed by atoms with Crippen LogP contribution in [0.5, 0.6) is 0 Å². The number of aromatic nitrogens is 2. The van der Waals surface area contributed by atoms with E-state index in [1.54, 1.807) is 0 Å². The van der Waals surface area contributed by atoms with Gasteiger partial charge in [-0.05, 0) is 19.8 Å². The average Bonchev–Trinajstić information content (AvgIpc) is 2.39. The molecule has 18 heavy (non-hydrogen) atoms. The molecule has 0 bridgehead atoms. The van der Waals surface area contributed by atoms with Crippen LogP contribution in [-0.2, 0) is 0 Å². The SMILES string of the molecule is CCCCN(c1ncc(C(=O)O)cn1)C(C)CC. The van der Waals surface area contributed by atoms with Crippen LogP contribution in [0.4, 0.5) is 5.95 Å². The quantitative estimate of drug-likeness (QED) is 0.806. The summed E-state index contributed by atoms with van der Waals surface area (Å²) in [6.45, 7) is 7.29. The monoisotopic (exact) mass is 251 g/mol. The molecule has 1 aromatic rings. The van der Waals surface area contributed by atoms with E-state index >= 15 is 0 Å². The van der Waals surface area contributed by atoms with E-state index in [-0.39, 0.29) is 5.56 Å². The maximum Gasteiger partial charge on any atom is 0.338 e. The number of nitrogens with zero attached hydrogens (tertiary/aromatic N) is 3. The number of rotatable bonds is 7. The molecule has 0 spiro atoms. The topological polar surface area (TPSA) is 66.3 Å². The van der Waals surface area contributed by atoms with Crippen molar-refractivity contribution < 1.29 is 9.90 Å². The average molecular weight is 251 g/mol. The van der Waals surface area contributed by atoms with Crippen LogP contribution in [0.15, 0.2) is 12.4 Å². The first kappa shape index (κ1) is 14.4. The fourth-order valence-electron chi connectivity index (χ4n) is 1.65. The molecular weight excluding hydrogens is 230 g/mol. The second-order valence-corrected chi connectivity index (χ2v) is 4.38. The molecule has 1 aromatic heterocycles. The Bertz CT molecular complexity index is 378. The van der Waals surface area contributed by atoms with Crippen molar-refractivity contribution in [2.24, 2.45) is 0 Å². The third kappa shape index (κ3) is 3.68. The molecule has 1 N–H and O–H groups in total. The minimum atomic E-state index is -0.995. The van der Waals surface area contributed by atoms with E-state index in [2.05, 4.69) is 35.6 Å². The summed E-state index contributed by atoms with van der Waals surface area (Å²) in [4.78, 5) is 21.2. The van der Waals surface area contributed by atoms with Gasteiger partial charge in [0.05, 0.1) is 5.56 Å². The van der Waals surface area contributed by atoms with Gasteiger partial charge in [-0.15, -0.1) is 0 Å². The molecule has 0 saturated heterocycles. The summed E-state index contributed by atoms with van der Waals surface area (Å²) in [6, 6.07) is 0.354. The molecule has 0 aliphatic carbocycles. The van der Waals surface area contributed by atoms with Gasteiger partial charge >= 0.3 is 5.97 Å². The molecule has 100 valence electrons. The Labute approximate surface area is 108 Å². The Hall–Kier alpha value is -1.65. The highest BCUT2D eigenvalue weighted by Crippen LogP contribution is 2.14. The van der Waals surface area contributed by atoms with Crippen LogP contribution in [-0.4, -0.2) is 33.6 Å². The summed E-state index contributed by atoms with van der Waals surface area (Å²) in [5.74, 6) is -0.381. The molecule has 1 unspecified atom stereocenters. The number of hydrogen-bond acceptors (Lipinski definition) is 4. The van der Waals surface area contributed by atoms with E-state index in [0.29, 0.717) is 12.0 Å². The van der Waals surface area contributed by atoms with E-state index < -0.39 is 5.97 Å². The molecule has 0 aliphatic rings. The van der Waals surface area contributed by atoms with Gasteiger partial charge in [0.2, 0.25) is 5.95 Å². The Morgan fingerprint density at radius 1 is 1.39 bits per heavy atom. The summed E-state index contributed by atoms with van der Waals surface area (Å²) < 4.78 is 0. The minimum absolute atomic E-state index is 0.123. The normalized spacial score (nSPS) is 12.2. The van der Waals surface area contributed by atoms with E-state index in [9.17, 15) is 4.79 Å². The fourth-order valence-corrected chi connectivity index (χ4v) is 1.65. The summed E-state index contributed by atoms with van der Waals surface area (Å²) in [5.41, 5.74) is 0.123. The van der Waals surface area contributed by atoms with Gasteiger partial charge in [0.25, 0.3) is 0 Å². The summed E-state index contributed by atoms with van der Waals surface area (Å²) in [5, 5.41) is 8.82. The highest BCUT2D eigenvalue weighted by molar-refractivity contribution is 5.86. The third-order valence-electron chi connectivity index (χ3n) is 3.02. The van der Waals surface area contributed by atoms with Gasteiger partial charge in [-0.3, -0.25) is 0 Å². The van der Waals surface area contributed by atoms with Gasteiger partial charge in [0.1, 0.15) is 0 Å². The first-order valence-corrected chi connectivity index (χ1v) is 6.42. The molecule has 1 rings (SSSR count). The number of carbonyl (C=O) groups is 1. The van der Waals surface area contributed by atoms with Gasteiger partial charge in [-0.1, -0.05) is 20.3 Å². The second-order valence-electron chi connectivity index (χ2n) is 4.38. The Morgan fingerprint density at radius 2 is 2.00 bits per heavy atom. The minimum Gasteiger partial charge on any atom is -0.478 e. The van der Waals surface area contributed by atoms with E-state index in [1.165, 1.54) is 12.4 Å². The van der Waals surface area contributed by atoms with Crippen LogP contribution in [0.25, 0.3) is 0 Å². The van der Waals surface area contributed by atoms with Gasteiger partial charge in [0, 0.05) is 25.0 Å². The lowest BCUT2D eigenvalue weighted by molar-refractivity contribution is 0.0696. The lowest BCUT2D eigenvalue weighted by Crippen LogP contribution is -2.35. The molecule has 0 amide bonds. The second kappa shape index (κ2) is 6.93. The lowest BCUT2D eigenvalue weighted by Gasteiger charge is -2.28. The van der Waals surface area contributed by atoms with E-state index in [1.807, 2.05) is 0 Å². The molecular formula is C13H21N3O2. The smallest absolute Gasteiger partial charge is 0.338 e. The number of hydrogen-bond donors (Lipinski definition) is 1. The first-order chi connectivity index (χ1) is 8.60. The van der Waals surface area contributed by atoms with E-state index in [4.69, 9.17) is 5.11 Å². The van der Waals surface area contributed by atoms with Crippen LogP contribution in [0.2, 0.25) is 0 Å². The summed E-state index contributed by atoms with van der Waals surface area (Å²) >= 11 is 0. The van der Waals surface area contributed by atoms with Crippen molar-refractivity contribution >= 4 is 11.9 Å². The predicted octanol–water partition coefficient (Wildman–Crippen LogP) is 2.58. The van der Waals surface area contributed by atoms with Crippen LogP contribution in [0, 0.1) is 0 Å². The molecule has 0 fully saturated rings. The number of carboxylic acid groups (broad SMARTS) is 1. The summed E-state index contributed by atoms with van der Waals surface area (Å²) in [7, 11) is 0. The Morgan fingerprint density at radius 3 is 2.44 bits per heavy atom. The summed E-state index contributed by atoms with van der Waals surface area (Å²) in [6.07, 6.45) is 5.93. The number of anilines is 1. The van der Waals surface area contributed by atoms with Gasteiger partial charge < -0.3 is 10.0 Å². The molecule has 5 heteroatoms. The Balaban J connectivity index is 2.87. The van der Waals surface area contributed by atoms with Crippen molar-refractivity contribution in [3.8, 4) is 0 Å².